The highest BCUT2D eigenvalue weighted by atomic mass is 16.6. The Kier molecular flexibility index (Phi) is 3.95. The Morgan fingerprint density at radius 3 is 2.50 bits per heavy atom. The molecule has 102 valence electrons. The first-order valence-corrected chi connectivity index (χ1v) is 5.76. The van der Waals surface area contributed by atoms with Crippen LogP contribution in [0.15, 0.2) is 0 Å². The van der Waals surface area contributed by atoms with Gasteiger partial charge in [0.25, 0.3) is 0 Å². The van der Waals surface area contributed by atoms with Crippen molar-refractivity contribution in [3.63, 3.8) is 0 Å². The van der Waals surface area contributed by atoms with Crippen LogP contribution in [-0.4, -0.2) is 45.8 Å². The SMILES string of the molecule is Cc1nn(C)c(NCC(C)(C)N(C)C)c1[N+](=O)[O-]. The predicted octanol–water partition coefficient (Wildman–Crippen LogP) is 1.39. The summed E-state index contributed by atoms with van der Waals surface area (Å²) in [6.45, 7) is 6.37. The quantitative estimate of drug-likeness (QED) is 0.635. The second-order valence-corrected chi connectivity index (χ2v) is 5.22. The van der Waals surface area contributed by atoms with Crippen LogP contribution in [0.1, 0.15) is 19.5 Å². The van der Waals surface area contributed by atoms with E-state index >= 15 is 0 Å². The number of nitrogens with zero attached hydrogens (tertiary/aromatic N) is 4. The van der Waals surface area contributed by atoms with E-state index in [0.29, 0.717) is 18.1 Å². The summed E-state index contributed by atoms with van der Waals surface area (Å²) < 4.78 is 1.51. The van der Waals surface area contributed by atoms with E-state index in [1.165, 1.54) is 4.68 Å². The standard InChI is InChI=1S/C11H21N5O2/c1-8-9(16(17)18)10(15(6)13-8)12-7-11(2,3)14(4)5/h12H,7H2,1-6H3. The largest absolute Gasteiger partial charge is 0.363 e. The number of rotatable bonds is 5. The third kappa shape index (κ3) is 2.79. The Bertz CT molecular complexity index is 451. The number of anilines is 1. The monoisotopic (exact) mass is 255 g/mol. The van der Waals surface area contributed by atoms with Gasteiger partial charge in [0.15, 0.2) is 0 Å². The third-order valence-electron chi connectivity index (χ3n) is 3.27. The average Bonchev–Trinajstić information content (AvgIpc) is 2.50. The summed E-state index contributed by atoms with van der Waals surface area (Å²) in [7, 11) is 5.65. The van der Waals surface area contributed by atoms with E-state index < -0.39 is 4.92 Å². The van der Waals surface area contributed by atoms with Gasteiger partial charge in [-0.05, 0) is 34.9 Å². The molecule has 7 heteroatoms. The zero-order valence-corrected chi connectivity index (χ0v) is 11.8. The molecule has 0 aromatic carbocycles. The molecule has 0 spiro atoms. The maximum atomic E-state index is 11.0. The van der Waals surface area contributed by atoms with Crippen LogP contribution in [0.3, 0.4) is 0 Å². The molecular formula is C11H21N5O2. The van der Waals surface area contributed by atoms with Crippen molar-refractivity contribution in [3.05, 3.63) is 15.8 Å². The van der Waals surface area contributed by atoms with E-state index in [9.17, 15) is 10.1 Å². The van der Waals surface area contributed by atoms with Gasteiger partial charge in [0.05, 0.1) is 4.92 Å². The highest BCUT2D eigenvalue weighted by Crippen LogP contribution is 2.27. The molecule has 0 saturated heterocycles. The second kappa shape index (κ2) is 4.93. The third-order valence-corrected chi connectivity index (χ3v) is 3.27. The van der Waals surface area contributed by atoms with Crippen molar-refractivity contribution in [2.24, 2.45) is 7.05 Å². The molecule has 0 aliphatic rings. The summed E-state index contributed by atoms with van der Waals surface area (Å²) in [6, 6.07) is 0. The van der Waals surface area contributed by atoms with Gasteiger partial charge < -0.3 is 10.2 Å². The van der Waals surface area contributed by atoms with Crippen molar-refractivity contribution in [1.82, 2.24) is 14.7 Å². The molecule has 0 amide bonds. The first-order chi connectivity index (χ1) is 8.16. The molecule has 0 aliphatic heterocycles. The van der Waals surface area contributed by atoms with E-state index in [-0.39, 0.29) is 11.2 Å². The Balaban J connectivity index is 2.95. The van der Waals surface area contributed by atoms with E-state index in [4.69, 9.17) is 0 Å². The van der Waals surface area contributed by atoms with Crippen LogP contribution in [0.4, 0.5) is 11.5 Å². The lowest BCUT2D eigenvalue weighted by atomic mass is 10.0. The van der Waals surface area contributed by atoms with Crippen molar-refractivity contribution in [2.75, 3.05) is 26.0 Å². The minimum atomic E-state index is -0.396. The van der Waals surface area contributed by atoms with Crippen molar-refractivity contribution in [2.45, 2.75) is 26.3 Å². The summed E-state index contributed by atoms with van der Waals surface area (Å²) in [6.07, 6.45) is 0. The normalized spacial score (nSPS) is 11.9. The van der Waals surface area contributed by atoms with E-state index in [2.05, 4.69) is 29.2 Å². The van der Waals surface area contributed by atoms with Gasteiger partial charge >= 0.3 is 5.69 Å². The van der Waals surface area contributed by atoms with Crippen molar-refractivity contribution < 1.29 is 4.92 Å². The Hall–Kier alpha value is -1.63. The molecule has 1 aromatic heterocycles. The first kappa shape index (κ1) is 14.4. The lowest BCUT2D eigenvalue weighted by Gasteiger charge is -2.32. The van der Waals surface area contributed by atoms with Gasteiger partial charge in [0, 0.05) is 19.1 Å². The maximum absolute atomic E-state index is 11.0. The smallest absolute Gasteiger partial charge is 0.333 e. The molecule has 1 heterocycles. The molecule has 0 bridgehead atoms. The van der Waals surface area contributed by atoms with Crippen LogP contribution in [0.25, 0.3) is 0 Å². The van der Waals surface area contributed by atoms with Crippen molar-refractivity contribution >= 4 is 11.5 Å². The number of likely N-dealkylation sites (N-methyl/N-ethyl adjacent to an activating group) is 1. The van der Waals surface area contributed by atoms with Crippen LogP contribution >= 0.6 is 0 Å². The summed E-state index contributed by atoms with van der Waals surface area (Å²) in [5.74, 6) is 0.451. The summed E-state index contributed by atoms with van der Waals surface area (Å²) in [5, 5.41) is 18.2. The van der Waals surface area contributed by atoms with Gasteiger partial charge in [0.2, 0.25) is 5.82 Å². The summed E-state index contributed by atoms with van der Waals surface area (Å²) in [5.41, 5.74) is 0.367. The van der Waals surface area contributed by atoms with Gasteiger partial charge in [-0.25, -0.2) is 4.68 Å². The summed E-state index contributed by atoms with van der Waals surface area (Å²) >= 11 is 0. The van der Waals surface area contributed by atoms with Crippen LogP contribution < -0.4 is 5.32 Å². The predicted molar refractivity (Wildman–Crippen MR) is 70.9 cm³/mol. The van der Waals surface area contributed by atoms with Gasteiger partial charge in [0.1, 0.15) is 5.69 Å². The van der Waals surface area contributed by atoms with Crippen LogP contribution in [0.5, 0.6) is 0 Å². The first-order valence-electron chi connectivity index (χ1n) is 5.76. The van der Waals surface area contributed by atoms with Gasteiger partial charge in [-0.3, -0.25) is 10.1 Å². The molecule has 1 rings (SSSR count). The molecule has 0 atom stereocenters. The Morgan fingerprint density at radius 2 is 2.06 bits per heavy atom. The molecular weight excluding hydrogens is 234 g/mol. The number of nitrogens with one attached hydrogen (secondary N) is 1. The highest BCUT2D eigenvalue weighted by molar-refractivity contribution is 5.59. The van der Waals surface area contributed by atoms with Gasteiger partial charge in [-0.15, -0.1) is 0 Å². The number of aromatic nitrogens is 2. The van der Waals surface area contributed by atoms with E-state index in [0.717, 1.165) is 0 Å². The zero-order valence-electron chi connectivity index (χ0n) is 11.8. The lowest BCUT2D eigenvalue weighted by Crippen LogP contribution is -2.44. The maximum Gasteiger partial charge on any atom is 0.333 e. The average molecular weight is 255 g/mol. The van der Waals surface area contributed by atoms with Crippen LogP contribution in [0.2, 0.25) is 0 Å². The fourth-order valence-corrected chi connectivity index (χ4v) is 1.52. The minimum absolute atomic E-state index is 0.0482. The molecule has 0 fully saturated rings. The topological polar surface area (TPSA) is 76.2 Å². The molecule has 1 aromatic rings. The highest BCUT2D eigenvalue weighted by Gasteiger charge is 2.27. The molecule has 0 radical (unpaired) electrons. The summed E-state index contributed by atoms with van der Waals surface area (Å²) in [4.78, 5) is 12.7. The molecule has 0 unspecified atom stereocenters. The number of nitro groups is 1. The number of hydrogen-bond acceptors (Lipinski definition) is 5. The number of hydrogen-bond donors (Lipinski definition) is 1. The van der Waals surface area contributed by atoms with Gasteiger partial charge in [-0.2, -0.15) is 5.10 Å². The van der Waals surface area contributed by atoms with Crippen LogP contribution in [0, 0.1) is 17.0 Å². The van der Waals surface area contributed by atoms with E-state index in [1.54, 1.807) is 14.0 Å². The Morgan fingerprint density at radius 1 is 1.50 bits per heavy atom. The van der Waals surface area contributed by atoms with E-state index in [1.807, 2.05) is 14.1 Å². The van der Waals surface area contributed by atoms with Gasteiger partial charge in [-0.1, -0.05) is 0 Å². The Labute approximate surface area is 107 Å². The fourth-order valence-electron chi connectivity index (χ4n) is 1.52. The lowest BCUT2D eigenvalue weighted by molar-refractivity contribution is -0.384. The molecule has 18 heavy (non-hydrogen) atoms. The molecule has 7 nitrogen and oxygen atoms in total. The van der Waals surface area contributed by atoms with Crippen molar-refractivity contribution in [1.29, 1.82) is 0 Å². The molecule has 0 aliphatic carbocycles. The van der Waals surface area contributed by atoms with Crippen molar-refractivity contribution in [3.8, 4) is 0 Å². The van der Waals surface area contributed by atoms with Crippen LogP contribution in [-0.2, 0) is 7.05 Å². The molecule has 1 N–H and O–H groups in total. The number of aryl methyl sites for hydroxylation is 2. The fraction of sp³-hybridized carbons (Fsp3) is 0.727. The minimum Gasteiger partial charge on any atom is -0.363 e. The molecule has 0 saturated carbocycles. The zero-order chi connectivity index (χ0) is 14.1. The second-order valence-electron chi connectivity index (χ2n) is 5.22.